The first-order chi connectivity index (χ1) is 8.99. The maximum absolute atomic E-state index is 13.7. The lowest BCUT2D eigenvalue weighted by Gasteiger charge is -2.18. The van der Waals surface area contributed by atoms with Crippen LogP contribution in [0.15, 0.2) is 0 Å². The maximum Gasteiger partial charge on any atom is 0.222 e. The van der Waals surface area contributed by atoms with E-state index in [4.69, 9.17) is 9.47 Å². The Kier molecular flexibility index (Phi) is 10.7. The number of alkyl halides is 1. The van der Waals surface area contributed by atoms with Crippen LogP contribution in [0.4, 0.5) is 4.39 Å². The Balaban J connectivity index is 3.59. The normalized spacial score (nSPS) is 14.4. The zero-order valence-electron chi connectivity index (χ0n) is 12.4. The minimum atomic E-state index is -1.21. The van der Waals surface area contributed by atoms with Crippen LogP contribution in [0.2, 0.25) is 0 Å². The highest BCUT2D eigenvalue weighted by Crippen LogP contribution is 2.03. The molecule has 0 fully saturated rings. The van der Waals surface area contributed by atoms with Crippen LogP contribution in [0, 0.1) is 5.92 Å². The van der Waals surface area contributed by atoms with Crippen molar-refractivity contribution >= 4 is 5.91 Å². The van der Waals surface area contributed by atoms with Gasteiger partial charge in [0.1, 0.15) is 6.17 Å². The molecule has 0 aromatic rings. The summed E-state index contributed by atoms with van der Waals surface area (Å²) in [7, 11) is 1.85. The van der Waals surface area contributed by atoms with Crippen LogP contribution in [0.25, 0.3) is 0 Å². The molecule has 0 heterocycles. The van der Waals surface area contributed by atoms with E-state index in [-0.39, 0.29) is 18.4 Å². The smallest absolute Gasteiger partial charge is 0.222 e. The SMILES string of the molecule is CNCCOCCOC(C)C(F)CNC(=O)C(C)C. The van der Waals surface area contributed by atoms with Gasteiger partial charge >= 0.3 is 0 Å². The Bertz CT molecular complexity index is 240. The topological polar surface area (TPSA) is 59.6 Å². The molecule has 0 bridgehead atoms. The van der Waals surface area contributed by atoms with Gasteiger partial charge in [-0.3, -0.25) is 4.79 Å². The third-order valence-corrected chi connectivity index (χ3v) is 2.61. The Morgan fingerprint density at radius 3 is 2.47 bits per heavy atom. The van der Waals surface area contributed by atoms with E-state index >= 15 is 0 Å². The molecule has 0 saturated heterocycles. The molecule has 0 aliphatic heterocycles. The number of carbonyl (C=O) groups excluding carboxylic acids is 1. The zero-order valence-corrected chi connectivity index (χ0v) is 12.4. The summed E-state index contributed by atoms with van der Waals surface area (Å²) in [4.78, 5) is 11.3. The molecule has 0 aliphatic carbocycles. The molecular weight excluding hydrogens is 251 g/mol. The van der Waals surface area contributed by atoms with Crippen LogP contribution < -0.4 is 10.6 Å². The van der Waals surface area contributed by atoms with E-state index in [2.05, 4.69) is 10.6 Å². The first-order valence-corrected chi connectivity index (χ1v) is 6.74. The fourth-order valence-electron chi connectivity index (χ4n) is 1.24. The van der Waals surface area contributed by atoms with Crippen LogP contribution in [0.5, 0.6) is 0 Å². The summed E-state index contributed by atoms with van der Waals surface area (Å²) in [5.41, 5.74) is 0. The van der Waals surface area contributed by atoms with Gasteiger partial charge in [0, 0.05) is 12.5 Å². The molecule has 1 amide bonds. The van der Waals surface area contributed by atoms with Crippen LogP contribution in [-0.4, -0.2) is 58.1 Å². The van der Waals surface area contributed by atoms with E-state index < -0.39 is 12.3 Å². The summed E-state index contributed by atoms with van der Waals surface area (Å²) >= 11 is 0. The summed E-state index contributed by atoms with van der Waals surface area (Å²) in [5.74, 6) is -0.283. The predicted octanol–water partition coefficient (Wildman–Crippen LogP) is 0.738. The van der Waals surface area contributed by atoms with Gasteiger partial charge in [-0.15, -0.1) is 0 Å². The van der Waals surface area contributed by atoms with Crippen molar-refractivity contribution in [1.82, 2.24) is 10.6 Å². The van der Waals surface area contributed by atoms with Crippen molar-refractivity contribution in [3.05, 3.63) is 0 Å². The number of amides is 1. The summed E-state index contributed by atoms with van der Waals surface area (Å²) in [6.45, 7) is 7.36. The average molecular weight is 278 g/mol. The molecule has 0 radical (unpaired) electrons. The molecule has 0 aromatic carbocycles. The number of likely N-dealkylation sites (N-methyl/N-ethyl adjacent to an activating group) is 1. The summed E-state index contributed by atoms with van der Waals surface area (Å²) in [6, 6.07) is 0. The van der Waals surface area contributed by atoms with E-state index in [9.17, 15) is 9.18 Å². The second kappa shape index (κ2) is 11.1. The van der Waals surface area contributed by atoms with Crippen molar-refractivity contribution in [3.63, 3.8) is 0 Å². The minimum Gasteiger partial charge on any atom is -0.378 e. The van der Waals surface area contributed by atoms with E-state index in [1.54, 1.807) is 20.8 Å². The van der Waals surface area contributed by atoms with Gasteiger partial charge < -0.3 is 20.1 Å². The Morgan fingerprint density at radius 2 is 1.89 bits per heavy atom. The lowest BCUT2D eigenvalue weighted by Crippen LogP contribution is -2.38. The molecule has 2 N–H and O–H groups in total. The molecule has 6 heteroatoms. The molecule has 5 nitrogen and oxygen atoms in total. The number of hydrogen-bond acceptors (Lipinski definition) is 4. The van der Waals surface area contributed by atoms with Gasteiger partial charge in [-0.2, -0.15) is 0 Å². The van der Waals surface area contributed by atoms with Gasteiger partial charge in [0.2, 0.25) is 5.91 Å². The molecule has 19 heavy (non-hydrogen) atoms. The molecule has 0 saturated carbocycles. The van der Waals surface area contributed by atoms with Crippen LogP contribution in [-0.2, 0) is 14.3 Å². The molecule has 0 spiro atoms. The van der Waals surface area contributed by atoms with E-state index in [0.29, 0.717) is 19.8 Å². The molecule has 0 rings (SSSR count). The lowest BCUT2D eigenvalue weighted by atomic mass is 10.2. The molecular formula is C13H27FN2O3. The number of rotatable bonds is 11. The van der Waals surface area contributed by atoms with Crippen LogP contribution in [0.3, 0.4) is 0 Å². The lowest BCUT2D eigenvalue weighted by molar-refractivity contribution is -0.124. The number of ether oxygens (including phenoxy) is 2. The van der Waals surface area contributed by atoms with Gasteiger partial charge in [0.05, 0.1) is 32.5 Å². The number of carbonyl (C=O) groups is 1. The number of nitrogens with one attached hydrogen (secondary N) is 2. The van der Waals surface area contributed by atoms with Crippen LogP contribution >= 0.6 is 0 Å². The molecule has 0 aromatic heterocycles. The van der Waals surface area contributed by atoms with Crippen molar-refractivity contribution in [2.24, 2.45) is 5.92 Å². The largest absolute Gasteiger partial charge is 0.378 e. The first kappa shape index (κ1) is 18.3. The maximum atomic E-state index is 13.7. The Morgan fingerprint density at radius 1 is 1.21 bits per heavy atom. The van der Waals surface area contributed by atoms with Crippen molar-refractivity contribution in [2.45, 2.75) is 33.0 Å². The zero-order chi connectivity index (χ0) is 14.7. The van der Waals surface area contributed by atoms with Gasteiger partial charge in [0.15, 0.2) is 0 Å². The average Bonchev–Trinajstić information content (AvgIpc) is 2.38. The number of halogens is 1. The van der Waals surface area contributed by atoms with Crippen molar-refractivity contribution in [3.8, 4) is 0 Å². The summed E-state index contributed by atoms with van der Waals surface area (Å²) in [5, 5.41) is 5.50. The quantitative estimate of drug-likeness (QED) is 0.547. The Hall–Kier alpha value is -0.720. The second-order valence-corrected chi connectivity index (χ2v) is 4.71. The molecule has 0 aliphatic rings. The number of hydrogen-bond donors (Lipinski definition) is 2. The summed E-state index contributed by atoms with van der Waals surface area (Å²) < 4.78 is 24.2. The van der Waals surface area contributed by atoms with Crippen LogP contribution in [0.1, 0.15) is 20.8 Å². The van der Waals surface area contributed by atoms with Gasteiger partial charge in [0.25, 0.3) is 0 Å². The van der Waals surface area contributed by atoms with E-state index in [1.807, 2.05) is 7.05 Å². The highest BCUT2D eigenvalue weighted by atomic mass is 19.1. The third kappa shape index (κ3) is 9.81. The van der Waals surface area contributed by atoms with Gasteiger partial charge in [-0.25, -0.2) is 4.39 Å². The van der Waals surface area contributed by atoms with E-state index in [0.717, 1.165) is 6.54 Å². The van der Waals surface area contributed by atoms with Crippen molar-refractivity contribution < 1.29 is 18.7 Å². The second-order valence-electron chi connectivity index (χ2n) is 4.71. The standard InChI is InChI=1S/C13H27FN2O3/c1-10(2)13(17)16-9-12(14)11(3)19-8-7-18-6-5-15-4/h10-12,15H,5-9H2,1-4H3,(H,16,17). The fraction of sp³-hybridized carbons (Fsp3) is 0.923. The van der Waals surface area contributed by atoms with Gasteiger partial charge in [-0.05, 0) is 14.0 Å². The molecule has 114 valence electrons. The molecule has 2 atom stereocenters. The van der Waals surface area contributed by atoms with E-state index in [1.165, 1.54) is 0 Å². The third-order valence-electron chi connectivity index (χ3n) is 2.61. The first-order valence-electron chi connectivity index (χ1n) is 6.74. The van der Waals surface area contributed by atoms with Gasteiger partial charge in [-0.1, -0.05) is 13.8 Å². The predicted molar refractivity (Wildman–Crippen MR) is 72.9 cm³/mol. The summed E-state index contributed by atoms with van der Waals surface area (Å²) in [6.07, 6.45) is -1.76. The highest BCUT2D eigenvalue weighted by molar-refractivity contribution is 5.77. The van der Waals surface area contributed by atoms with Crippen molar-refractivity contribution in [1.29, 1.82) is 0 Å². The minimum absolute atomic E-state index is 0.0151. The highest BCUT2D eigenvalue weighted by Gasteiger charge is 2.18. The monoisotopic (exact) mass is 278 g/mol. The molecule has 2 unspecified atom stereocenters. The fourth-order valence-corrected chi connectivity index (χ4v) is 1.24. The van der Waals surface area contributed by atoms with Crippen molar-refractivity contribution in [2.75, 3.05) is 40.0 Å². The Labute approximate surface area is 115 Å².